The van der Waals surface area contributed by atoms with E-state index in [2.05, 4.69) is 20.4 Å². The molecule has 0 aliphatic rings. The molecule has 0 radical (unpaired) electrons. The molecule has 0 saturated heterocycles. The van der Waals surface area contributed by atoms with Gasteiger partial charge in [0.25, 0.3) is 5.91 Å². The van der Waals surface area contributed by atoms with Crippen LogP contribution in [0.4, 0.5) is 10.1 Å². The fraction of sp³-hybridized carbons (Fsp3) is 0.0833. The quantitative estimate of drug-likeness (QED) is 0.402. The third-order valence-electron chi connectivity index (χ3n) is 4.26. The molecule has 1 aromatic heterocycles. The van der Waals surface area contributed by atoms with E-state index in [9.17, 15) is 18.8 Å². The molecule has 8 nitrogen and oxygen atoms in total. The average molecular weight is 449 g/mol. The van der Waals surface area contributed by atoms with Crippen molar-refractivity contribution in [3.63, 3.8) is 0 Å². The molecule has 9 heteroatoms. The zero-order valence-electron chi connectivity index (χ0n) is 17.6. The van der Waals surface area contributed by atoms with Crippen molar-refractivity contribution >= 4 is 29.5 Å². The molecule has 33 heavy (non-hydrogen) atoms. The number of rotatable bonds is 8. The predicted octanol–water partition coefficient (Wildman–Crippen LogP) is 3.57. The lowest BCUT2D eigenvalue weighted by atomic mass is 10.1. The smallest absolute Gasteiger partial charge is 0.325 e. The monoisotopic (exact) mass is 449 g/mol. The summed E-state index contributed by atoms with van der Waals surface area (Å²) in [6.45, 7) is -0.267. The standard InChI is InChI=1S/C24H20FN3O5/c1-32-23(30)15-27-24(31)17-4-2-5-18(13-17)28-22(29)10-8-16-7-9-21(20(25)12-16)33-19-6-3-11-26-14-19/h2-14H,15H2,1H3,(H,27,31)(H,28,29)/b10-8+. The Balaban J connectivity index is 1.59. The molecule has 0 spiro atoms. The maximum absolute atomic E-state index is 14.3. The fourth-order valence-corrected chi connectivity index (χ4v) is 2.66. The van der Waals surface area contributed by atoms with E-state index < -0.39 is 23.6 Å². The zero-order chi connectivity index (χ0) is 23.6. The van der Waals surface area contributed by atoms with Crippen LogP contribution >= 0.6 is 0 Å². The number of hydrogen-bond donors (Lipinski definition) is 2. The molecule has 0 aliphatic carbocycles. The Kier molecular flexibility index (Phi) is 7.85. The van der Waals surface area contributed by atoms with E-state index in [1.807, 2.05) is 0 Å². The molecule has 2 amide bonds. The molecule has 3 aromatic rings. The SMILES string of the molecule is COC(=O)CNC(=O)c1cccc(NC(=O)/C=C/c2ccc(Oc3cccnc3)c(F)c2)c1. The van der Waals surface area contributed by atoms with E-state index in [0.717, 1.165) is 0 Å². The van der Waals surface area contributed by atoms with Gasteiger partial charge in [0.2, 0.25) is 5.91 Å². The van der Waals surface area contributed by atoms with Crippen molar-refractivity contribution in [3.05, 3.63) is 90.0 Å². The van der Waals surface area contributed by atoms with E-state index in [1.165, 1.54) is 49.7 Å². The van der Waals surface area contributed by atoms with Crippen molar-refractivity contribution < 1.29 is 28.2 Å². The van der Waals surface area contributed by atoms with Gasteiger partial charge >= 0.3 is 5.97 Å². The maximum Gasteiger partial charge on any atom is 0.325 e. The number of benzene rings is 2. The predicted molar refractivity (Wildman–Crippen MR) is 119 cm³/mol. The number of anilines is 1. The first kappa shape index (κ1) is 23.1. The Labute approximate surface area is 189 Å². The van der Waals surface area contributed by atoms with Gasteiger partial charge in [0, 0.05) is 23.5 Å². The summed E-state index contributed by atoms with van der Waals surface area (Å²) in [6, 6.07) is 13.8. The normalized spacial score (nSPS) is 10.5. The molecule has 0 atom stereocenters. The van der Waals surface area contributed by atoms with E-state index in [4.69, 9.17) is 4.74 Å². The van der Waals surface area contributed by atoms with Gasteiger partial charge in [0.15, 0.2) is 11.6 Å². The molecule has 168 valence electrons. The molecule has 2 aromatic carbocycles. The van der Waals surface area contributed by atoms with E-state index in [-0.39, 0.29) is 17.9 Å². The van der Waals surface area contributed by atoms with Crippen molar-refractivity contribution in [2.24, 2.45) is 0 Å². The maximum atomic E-state index is 14.3. The highest BCUT2D eigenvalue weighted by molar-refractivity contribution is 6.03. The van der Waals surface area contributed by atoms with Crippen molar-refractivity contribution in [1.29, 1.82) is 0 Å². The number of hydrogen-bond acceptors (Lipinski definition) is 6. The number of esters is 1. The average Bonchev–Trinajstić information content (AvgIpc) is 2.83. The van der Waals surface area contributed by atoms with Gasteiger partial charge < -0.3 is 20.1 Å². The fourth-order valence-electron chi connectivity index (χ4n) is 2.66. The molecule has 0 unspecified atom stereocenters. The lowest BCUT2D eigenvalue weighted by Crippen LogP contribution is -2.30. The second-order valence-electron chi connectivity index (χ2n) is 6.64. The summed E-state index contributed by atoms with van der Waals surface area (Å²) >= 11 is 0. The molecule has 0 fully saturated rings. The molecule has 3 rings (SSSR count). The van der Waals surface area contributed by atoms with Crippen LogP contribution in [0, 0.1) is 5.82 Å². The number of pyridine rings is 1. The largest absolute Gasteiger partial charge is 0.468 e. The molecular weight excluding hydrogens is 429 g/mol. The van der Waals surface area contributed by atoms with Gasteiger partial charge in [-0.1, -0.05) is 12.1 Å². The lowest BCUT2D eigenvalue weighted by molar-refractivity contribution is -0.139. The van der Waals surface area contributed by atoms with Gasteiger partial charge in [0.1, 0.15) is 12.3 Å². The summed E-state index contributed by atoms with van der Waals surface area (Å²) in [7, 11) is 1.22. The summed E-state index contributed by atoms with van der Waals surface area (Å²) in [6.07, 6.45) is 5.73. The van der Waals surface area contributed by atoms with Crippen LogP contribution in [0.2, 0.25) is 0 Å². The first-order valence-corrected chi connectivity index (χ1v) is 9.76. The molecule has 0 saturated carbocycles. The number of methoxy groups -OCH3 is 1. The Morgan fingerprint density at radius 3 is 2.67 bits per heavy atom. The Morgan fingerprint density at radius 2 is 1.94 bits per heavy atom. The van der Waals surface area contributed by atoms with Gasteiger partial charge in [-0.25, -0.2) is 4.39 Å². The zero-order valence-corrected chi connectivity index (χ0v) is 17.6. The van der Waals surface area contributed by atoms with Crippen molar-refractivity contribution in [2.45, 2.75) is 0 Å². The number of halogens is 1. The van der Waals surface area contributed by atoms with Gasteiger partial charge in [-0.05, 0) is 54.1 Å². The highest BCUT2D eigenvalue weighted by atomic mass is 19.1. The van der Waals surface area contributed by atoms with Gasteiger partial charge in [-0.15, -0.1) is 0 Å². The molecular formula is C24H20FN3O5. The molecule has 2 N–H and O–H groups in total. The van der Waals surface area contributed by atoms with Crippen LogP contribution in [0.5, 0.6) is 11.5 Å². The van der Waals surface area contributed by atoms with Crippen LogP contribution in [0.3, 0.4) is 0 Å². The molecule has 0 bridgehead atoms. The highest BCUT2D eigenvalue weighted by Gasteiger charge is 2.10. The van der Waals surface area contributed by atoms with Crippen molar-refractivity contribution in [3.8, 4) is 11.5 Å². The van der Waals surface area contributed by atoms with Crippen LogP contribution in [0.1, 0.15) is 15.9 Å². The summed E-state index contributed by atoms with van der Waals surface area (Å²) < 4.78 is 24.2. The number of nitrogens with zero attached hydrogens (tertiary/aromatic N) is 1. The Morgan fingerprint density at radius 1 is 1.09 bits per heavy atom. The second kappa shape index (κ2) is 11.2. The lowest BCUT2D eigenvalue weighted by Gasteiger charge is -2.07. The van der Waals surface area contributed by atoms with Crippen LogP contribution in [-0.4, -0.2) is 36.4 Å². The minimum atomic E-state index is -0.591. The third kappa shape index (κ3) is 7.00. The number of ether oxygens (including phenoxy) is 2. The van der Waals surface area contributed by atoms with Crippen LogP contribution in [0.25, 0.3) is 6.08 Å². The number of amides is 2. The molecule has 1 heterocycles. The van der Waals surface area contributed by atoms with E-state index >= 15 is 0 Å². The van der Waals surface area contributed by atoms with E-state index in [1.54, 1.807) is 36.5 Å². The van der Waals surface area contributed by atoms with Crippen molar-refractivity contribution in [1.82, 2.24) is 10.3 Å². The minimum absolute atomic E-state index is 0.0342. The Bertz CT molecular complexity index is 1180. The van der Waals surface area contributed by atoms with Crippen LogP contribution in [-0.2, 0) is 14.3 Å². The van der Waals surface area contributed by atoms with Gasteiger partial charge in [-0.2, -0.15) is 0 Å². The Hall–Kier alpha value is -4.53. The van der Waals surface area contributed by atoms with Crippen LogP contribution in [0.15, 0.2) is 73.1 Å². The highest BCUT2D eigenvalue weighted by Crippen LogP contribution is 2.24. The second-order valence-corrected chi connectivity index (χ2v) is 6.64. The van der Waals surface area contributed by atoms with E-state index in [0.29, 0.717) is 17.0 Å². The number of aromatic nitrogens is 1. The summed E-state index contributed by atoms with van der Waals surface area (Å²) in [4.78, 5) is 39.4. The summed E-state index contributed by atoms with van der Waals surface area (Å²) in [5.41, 5.74) is 1.09. The first-order valence-electron chi connectivity index (χ1n) is 9.76. The first-order chi connectivity index (χ1) is 15.9. The van der Waals surface area contributed by atoms with Crippen molar-refractivity contribution in [2.75, 3.05) is 19.0 Å². The number of nitrogens with one attached hydrogen (secondary N) is 2. The minimum Gasteiger partial charge on any atom is -0.468 e. The third-order valence-corrected chi connectivity index (χ3v) is 4.26. The van der Waals surface area contributed by atoms with Gasteiger partial charge in [-0.3, -0.25) is 19.4 Å². The molecule has 0 aliphatic heterocycles. The summed E-state index contributed by atoms with van der Waals surface area (Å²) in [5.74, 6) is -1.69. The number of carbonyl (C=O) groups excluding carboxylic acids is 3. The number of carbonyl (C=O) groups is 3. The summed E-state index contributed by atoms with van der Waals surface area (Å²) in [5, 5.41) is 5.03. The van der Waals surface area contributed by atoms with Gasteiger partial charge in [0.05, 0.1) is 13.3 Å². The topological polar surface area (TPSA) is 107 Å². The van der Waals surface area contributed by atoms with Crippen LogP contribution < -0.4 is 15.4 Å².